The fourth-order valence-corrected chi connectivity index (χ4v) is 2.87. The van der Waals surface area contributed by atoms with Gasteiger partial charge in [0.1, 0.15) is 11.9 Å². The van der Waals surface area contributed by atoms with Gasteiger partial charge < -0.3 is 15.5 Å². The molecule has 0 saturated heterocycles. The van der Waals surface area contributed by atoms with Gasteiger partial charge in [-0.3, -0.25) is 0 Å². The summed E-state index contributed by atoms with van der Waals surface area (Å²) in [5.74, 6) is -0.534. The largest absolute Gasteiger partial charge is 0.507 e. The molecule has 1 aromatic carbocycles. The lowest BCUT2D eigenvalue weighted by Gasteiger charge is -2.19. The van der Waals surface area contributed by atoms with Crippen molar-refractivity contribution in [3.8, 4) is 17.0 Å². The molecule has 2 atom stereocenters. The third-order valence-electron chi connectivity index (χ3n) is 4.51. The van der Waals surface area contributed by atoms with E-state index in [4.69, 9.17) is 0 Å². The maximum Gasteiger partial charge on any atom is 0.416 e. The second kappa shape index (κ2) is 8.67. The molecule has 2 aromatic rings. The lowest BCUT2D eigenvalue weighted by molar-refractivity contribution is -0.137. The van der Waals surface area contributed by atoms with Crippen molar-refractivity contribution in [3.05, 3.63) is 41.1 Å². The summed E-state index contributed by atoms with van der Waals surface area (Å²) in [6.45, 7) is 4.49. The van der Waals surface area contributed by atoms with Gasteiger partial charge in [-0.2, -0.15) is 18.3 Å². The first kappa shape index (κ1) is 21.1. The minimum Gasteiger partial charge on any atom is -0.507 e. The van der Waals surface area contributed by atoms with Crippen LogP contribution in [0.3, 0.4) is 0 Å². The Hall–Kier alpha value is -2.19. The molecule has 5 nitrogen and oxygen atoms in total. The molecule has 27 heavy (non-hydrogen) atoms. The second-order valence-electron chi connectivity index (χ2n) is 6.70. The van der Waals surface area contributed by atoms with Gasteiger partial charge in [0.05, 0.1) is 17.0 Å². The van der Waals surface area contributed by atoms with Crippen LogP contribution in [0.25, 0.3) is 11.3 Å². The summed E-state index contributed by atoms with van der Waals surface area (Å²) < 4.78 is 38.2. The number of aliphatic hydroxyl groups excluding tert-OH is 1. The number of rotatable bonds is 7. The number of aryl methyl sites for hydroxylation is 1. The number of aromatic hydroxyl groups is 1. The van der Waals surface area contributed by atoms with E-state index in [2.05, 4.69) is 15.5 Å². The number of aliphatic hydroxyl groups is 1. The van der Waals surface area contributed by atoms with Gasteiger partial charge in [-0.05, 0) is 69.1 Å². The van der Waals surface area contributed by atoms with Crippen molar-refractivity contribution in [3.63, 3.8) is 0 Å². The highest BCUT2D eigenvalue weighted by atomic mass is 19.4. The van der Waals surface area contributed by atoms with Crippen molar-refractivity contribution < 1.29 is 23.4 Å². The smallest absolute Gasteiger partial charge is 0.416 e. The predicted molar refractivity (Wildman–Crippen MR) is 96.2 cm³/mol. The number of nitrogens with one attached hydrogen (secondary N) is 1. The molecule has 0 saturated carbocycles. The van der Waals surface area contributed by atoms with E-state index in [1.807, 2.05) is 14.0 Å². The first-order chi connectivity index (χ1) is 12.6. The summed E-state index contributed by atoms with van der Waals surface area (Å²) >= 11 is 0. The van der Waals surface area contributed by atoms with Gasteiger partial charge in [-0.25, -0.2) is 0 Å². The van der Waals surface area contributed by atoms with Crippen LogP contribution in [0.2, 0.25) is 0 Å². The van der Waals surface area contributed by atoms with E-state index in [1.54, 1.807) is 13.0 Å². The van der Waals surface area contributed by atoms with Crippen molar-refractivity contribution in [2.45, 2.75) is 39.0 Å². The predicted octanol–water partition coefficient (Wildman–Crippen LogP) is 3.85. The van der Waals surface area contributed by atoms with E-state index >= 15 is 0 Å². The zero-order chi connectivity index (χ0) is 20.2. The van der Waals surface area contributed by atoms with Crippen LogP contribution in [0, 0.1) is 12.8 Å². The normalized spacial score (nSPS) is 14.2. The minimum atomic E-state index is -4.53. The van der Waals surface area contributed by atoms with Gasteiger partial charge in [0.25, 0.3) is 0 Å². The number of hydrogen-bond donors (Lipinski definition) is 3. The summed E-state index contributed by atoms with van der Waals surface area (Å²) in [5.41, 5.74) is 0.518. The molecule has 1 aromatic heterocycles. The highest BCUT2D eigenvalue weighted by molar-refractivity contribution is 5.69. The Morgan fingerprint density at radius 1 is 1.19 bits per heavy atom. The van der Waals surface area contributed by atoms with Gasteiger partial charge in [-0.1, -0.05) is 6.92 Å². The van der Waals surface area contributed by atoms with Crippen LogP contribution in [0.15, 0.2) is 24.3 Å². The highest BCUT2D eigenvalue weighted by Gasteiger charge is 2.31. The summed E-state index contributed by atoms with van der Waals surface area (Å²) in [6, 6.07) is 4.39. The molecule has 3 N–H and O–H groups in total. The number of nitrogens with zero attached hydrogens (tertiary/aromatic N) is 2. The number of benzene rings is 1. The summed E-state index contributed by atoms with van der Waals surface area (Å²) in [4.78, 5) is 0. The summed E-state index contributed by atoms with van der Waals surface area (Å²) in [6.07, 6.45) is -3.60. The van der Waals surface area contributed by atoms with Crippen LogP contribution < -0.4 is 5.32 Å². The van der Waals surface area contributed by atoms with Gasteiger partial charge in [0, 0.05) is 5.56 Å². The van der Waals surface area contributed by atoms with Crippen LogP contribution in [-0.2, 0) is 6.18 Å². The molecule has 8 heteroatoms. The molecule has 0 spiro atoms. The molecule has 148 valence electrons. The third kappa shape index (κ3) is 5.17. The Labute approximate surface area is 156 Å². The van der Waals surface area contributed by atoms with Crippen molar-refractivity contribution in [1.29, 1.82) is 0 Å². The quantitative estimate of drug-likeness (QED) is 0.633. The molecular formula is C19H24F3N3O2. The van der Waals surface area contributed by atoms with E-state index in [1.165, 1.54) is 6.07 Å². The van der Waals surface area contributed by atoms with Crippen LogP contribution in [0.1, 0.15) is 42.7 Å². The van der Waals surface area contributed by atoms with E-state index < -0.39 is 23.6 Å². The zero-order valence-corrected chi connectivity index (χ0v) is 15.5. The Bertz CT molecular complexity index is 781. The number of halogens is 3. The van der Waals surface area contributed by atoms with Gasteiger partial charge in [0.15, 0.2) is 0 Å². The number of hydrogen-bond acceptors (Lipinski definition) is 5. The topological polar surface area (TPSA) is 78.3 Å². The van der Waals surface area contributed by atoms with E-state index in [9.17, 15) is 23.4 Å². The minimum absolute atomic E-state index is 0.0163. The number of phenolic OH excluding ortho intramolecular Hbond substituents is 1. The van der Waals surface area contributed by atoms with Crippen LogP contribution in [0.5, 0.6) is 5.75 Å². The van der Waals surface area contributed by atoms with Gasteiger partial charge in [-0.15, -0.1) is 5.10 Å². The molecule has 0 aliphatic rings. The zero-order valence-electron chi connectivity index (χ0n) is 15.5. The molecular weight excluding hydrogens is 359 g/mol. The molecule has 0 unspecified atom stereocenters. The maximum absolute atomic E-state index is 12.7. The molecule has 0 fully saturated rings. The first-order valence-corrected chi connectivity index (χ1v) is 8.72. The Morgan fingerprint density at radius 2 is 1.89 bits per heavy atom. The Morgan fingerprint density at radius 3 is 2.44 bits per heavy atom. The van der Waals surface area contributed by atoms with Crippen molar-refractivity contribution >= 4 is 0 Å². The molecule has 2 rings (SSSR count). The van der Waals surface area contributed by atoms with Crippen LogP contribution in [0.4, 0.5) is 13.2 Å². The Kier molecular flexibility index (Phi) is 6.78. The molecule has 0 radical (unpaired) electrons. The first-order valence-electron chi connectivity index (χ1n) is 8.72. The van der Waals surface area contributed by atoms with Gasteiger partial charge >= 0.3 is 6.18 Å². The van der Waals surface area contributed by atoms with Crippen LogP contribution in [-0.4, -0.2) is 34.0 Å². The second-order valence-corrected chi connectivity index (χ2v) is 6.70. The number of alkyl halides is 3. The van der Waals surface area contributed by atoms with Gasteiger partial charge in [0.2, 0.25) is 0 Å². The maximum atomic E-state index is 12.7. The monoisotopic (exact) mass is 383 g/mol. The van der Waals surface area contributed by atoms with E-state index in [-0.39, 0.29) is 17.2 Å². The van der Waals surface area contributed by atoms with Crippen molar-refractivity contribution in [2.75, 3.05) is 13.6 Å². The average molecular weight is 383 g/mol. The number of phenols is 1. The molecule has 0 aliphatic carbocycles. The lowest BCUT2D eigenvalue weighted by Crippen LogP contribution is -2.15. The fourth-order valence-electron chi connectivity index (χ4n) is 2.87. The Balaban J connectivity index is 2.24. The molecule has 0 aliphatic heterocycles. The SMILES string of the molecule is CNCCC[C@H](C)[C@@H](O)c1cc(C)c(-c2ccc(C(F)(F)F)cc2O)nn1. The molecule has 0 amide bonds. The lowest BCUT2D eigenvalue weighted by atomic mass is 9.95. The van der Waals surface area contributed by atoms with Crippen molar-refractivity contribution in [1.82, 2.24) is 15.5 Å². The van der Waals surface area contributed by atoms with Crippen LogP contribution >= 0.6 is 0 Å². The standard InChI is InChI=1S/C19H24F3N3O2/c1-11(5-4-8-23-3)18(27)15-9-12(2)17(25-24-15)14-7-6-13(10-16(14)26)19(20,21)22/h6-7,9-11,18,23,26-27H,4-5,8H2,1-3H3/t11-,18+/m0/s1. The van der Waals surface area contributed by atoms with E-state index in [0.717, 1.165) is 25.5 Å². The summed E-state index contributed by atoms with van der Waals surface area (Å²) in [7, 11) is 1.87. The highest BCUT2D eigenvalue weighted by Crippen LogP contribution is 2.37. The molecule has 1 heterocycles. The van der Waals surface area contributed by atoms with E-state index in [0.29, 0.717) is 17.3 Å². The summed E-state index contributed by atoms with van der Waals surface area (Å²) in [5, 5.41) is 31.6. The number of aromatic nitrogens is 2. The fraction of sp³-hybridized carbons (Fsp3) is 0.474. The molecule has 0 bridgehead atoms. The van der Waals surface area contributed by atoms with Crippen molar-refractivity contribution in [2.24, 2.45) is 5.92 Å². The average Bonchev–Trinajstić information content (AvgIpc) is 2.60. The third-order valence-corrected chi connectivity index (χ3v) is 4.51.